The maximum Gasteiger partial charge on any atom is 0.237 e. The Kier molecular flexibility index (Phi) is 6.59. The highest BCUT2D eigenvalue weighted by Gasteiger charge is 2.15. The number of anilines is 1. The molecule has 140 valence electrons. The Morgan fingerprint density at radius 3 is 2.56 bits per heavy atom. The molecule has 1 amide bonds. The molecule has 1 heterocycles. The van der Waals surface area contributed by atoms with Crippen molar-refractivity contribution in [3.8, 4) is 5.69 Å². The van der Waals surface area contributed by atoms with E-state index in [1.54, 1.807) is 16.6 Å². The Bertz CT molecular complexity index is 864. The van der Waals surface area contributed by atoms with Crippen LogP contribution in [0.25, 0.3) is 5.69 Å². The van der Waals surface area contributed by atoms with Gasteiger partial charge in [0.2, 0.25) is 11.1 Å². The van der Waals surface area contributed by atoms with E-state index in [4.69, 9.17) is 0 Å². The molecule has 0 unspecified atom stereocenters. The van der Waals surface area contributed by atoms with Crippen molar-refractivity contribution in [2.45, 2.75) is 31.3 Å². The van der Waals surface area contributed by atoms with Gasteiger partial charge in [-0.05, 0) is 53.1 Å². The van der Waals surface area contributed by atoms with E-state index < -0.39 is 0 Å². The van der Waals surface area contributed by atoms with Crippen LogP contribution in [0.3, 0.4) is 0 Å². The summed E-state index contributed by atoms with van der Waals surface area (Å²) >= 11 is 1.33. The Morgan fingerprint density at radius 1 is 1.11 bits per heavy atom. The van der Waals surface area contributed by atoms with Crippen molar-refractivity contribution < 1.29 is 4.79 Å². The molecular weight excluding hydrogens is 358 g/mol. The number of carbonyl (C=O) groups excluding carboxylic acids is 1. The zero-order chi connectivity index (χ0) is 19.1. The Hall–Kier alpha value is -2.67. The van der Waals surface area contributed by atoms with E-state index in [2.05, 4.69) is 34.6 Å². The van der Waals surface area contributed by atoms with Crippen LogP contribution in [-0.2, 0) is 11.2 Å². The summed E-state index contributed by atoms with van der Waals surface area (Å²) in [6, 6.07) is 17.8. The molecule has 0 radical (unpaired) electrons. The maximum atomic E-state index is 12.5. The van der Waals surface area contributed by atoms with Crippen molar-refractivity contribution in [1.82, 2.24) is 20.2 Å². The van der Waals surface area contributed by atoms with Crippen LogP contribution in [-0.4, -0.2) is 38.9 Å². The van der Waals surface area contributed by atoms with Crippen molar-refractivity contribution in [2.24, 2.45) is 0 Å². The fourth-order valence-corrected chi connectivity index (χ4v) is 3.44. The number of benzene rings is 2. The van der Waals surface area contributed by atoms with E-state index in [-0.39, 0.29) is 11.7 Å². The number of rotatable bonds is 8. The number of aromatic nitrogens is 4. The second-order valence-corrected chi connectivity index (χ2v) is 7.16. The highest BCUT2D eigenvalue weighted by molar-refractivity contribution is 7.99. The van der Waals surface area contributed by atoms with Gasteiger partial charge in [0.05, 0.1) is 11.4 Å². The Morgan fingerprint density at radius 2 is 1.85 bits per heavy atom. The second-order valence-electron chi connectivity index (χ2n) is 6.22. The number of thioether (sulfide) groups is 1. The quantitative estimate of drug-likeness (QED) is 0.556. The van der Waals surface area contributed by atoms with Gasteiger partial charge < -0.3 is 4.90 Å². The number of aryl methyl sites for hydroxylation is 1. The molecule has 0 aliphatic carbocycles. The topological polar surface area (TPSA) is 63.9 Å². The van der Waals surface area contributed by atoms with E-state index in [1.165, 1.54) is 30.2 Å². The van der Waals surface area contributed by atoms with Crippen LogP contribution in [0.4, 0.5) is 5.69 Å². The maximum absolute atomic E-state index is 12.5. The largest absolute Gasteiger partial charge is 0.315 e. The number of unbranched alkanes of at least 4 members (excludes halogenated alkanes) is 1. The lowest BCUT2D eigenvalue weighted by Crippen LogP contribution is -2.27. The van der Waals surface area contributed by atoms with E-state index in [0.29, 0.717) is 5.16 Å². The zero-order valence-electron chi connectivity index (χ0n) is 15.6. The molecule has 2 aromatic carbocycles. The van der Waals surface area contributed by atoms with Crippen LogP contribution in [0.15, 0.2) is 59.8 Å². The summed E-state index contributed by atoms with van der Waals surface area (Å²) < 4.78 is 1.67. The van der Waals surface area contributed by atoms with E-state index >= 15 is 0 Å². The molecule has 0 saturated heterocycles. The van der Waals surface area contributed by atoms with Crippen molar-refractivity contribution in [2.75, 3.05) is 17.7 Å². The van der Waals surface area contributed by atoms with Gasteiger partial charge in [-0.15, -0.1) is 5.10 Å². The normalized spacial score (nSPS) is 10.7. The summed E-state index contributed by atoms with van der Waals surface area (Å²) in [4.78, 5) is 14.1. The first-order chi connectivity index (χ1) is 13.2. The number of amides is 1. The van der Waals surface area contributed by atoms with Crippen LogP contribution >= 0.6 is 11.8 Å². The lowest BCUT2D eigenvalue weighted by molar-refractivity contribution is -0.115. The molecule has 1 aromatic heterocycles. The van der Waals surface area contributed by atoms with E-state index in [0.717, 1.165) is 17.8 Å². The van der Waals surface area contributed by atoms with Crippen molar-refractivity contribution in [3.05, 3.63) is 60.2 Å². The van der Waals surface area contributed by atoms with Gasteiger partial charge in [-0.3, -0.25) is 4.79 Å². The number of para-hydroxylation sites is 1. The first-order valence-corrected chi connectivity index (χ1v) is 9.99. The summed E-state index contributed by atoms with van der Waals surface area (Å²) in [7, 11) is 1.77. The number of carbonyl (C=O) groups is 1. The van der Waals surface area contributed by atoms with Gasteiger partial charge in [0, 0.05) is 12.7 Å². The molecule has 0 atom stereocenters. The molecule has 0 fully saturated rings. The van der Waals surface area contributed by atoms with Crippen LogP contribution in [0.1, 0.15) is 25.3 Å². The van der Waals surface area contributed by atoms with Gasteiger partial charge in [-0.25, -0.2) is 0 Å². The van der Waals surface area contributed by atoms with Gasteiger partial charge >= 0.3 is 0 Å². The molecule has 3 aromatic rings. The predicted octanol–water partition coefficient (Wildman–Crippen LogP) is 3.76. The summed E-state index contributed by atoms with van der Waals surface area (Å²) in [5.41, 5.74) is 3.07. The second kappa shape index (κ2) is 9.32. The zero-order valence-corrected chi connectivity index (χ0v) is 16.4. The molecule has 0 saturated carbocycles. The van der Waals surface area contributed by atoms with Gasteiger partial charge in [0.15, 0.2) is 0 Å². The first-order valence-electron chi connectivity index (χ1n) is 9.01. The molecule has 0 spiro atoms. The number of hydrogen-bond donors (Lipinski definition) is 0. The molecule has 0 N–H and O–H groups in total. The average Bonchev–Trinajstić information content (AvgIpc) is 3.19. The van der Waals surface area contributed by atoms with Crippen LogP contribution in [0.5, 0.6) is 0 Å². The van der Waals surface area contributed by atoms with E-state index in [9.17, 15) is 4.79 Å². The van der Waals surface area contributed by atoms with Gasteiger partial charge in [-0.2, -0.15) is 4.68 Å². The summed E-state index contributed by atoms with van der Waals surface area (Å²) in [6.45, 7) is 2.19. The van der Waals surface area contributed by atoms with Gasteiger partial charge in [0.1, 0.15) is 0 Å². The summed E-state index contributed by atoms with van der Waals surface area (Å²) in [5.74, 6) is 0.260. The Labute approximate surface area is 163 Å². The monoisotopic (exact) mass is 381 g/mol. The standard InChI is InChI=1S/C20H23N5OS/c1-3-4-8-16-11-13-18(14-12-16)25-20(21-22-23-25)27-15-19(26)24(2)17-9-6-5-7-10-17/h5-7,9-14H,3-4,8,15H2,1-2H3. The lowest BCUT2D eigenvalue weighted by Gasteiger charge is -2.16. The molecule has 3 rings (SSSR count). The lowest BCUT2D eigenvalue weighted by atomic mass is 10.1. The smallest absolute Gasteiger partial charge is 0.237 e. The fourth-order valence-electron chi connectivity index (χ4n) is 2.63. The highest BCUT2D eigenvalue weighted by Crippen LogP contribution is 2.20. The minimum Gasteiger partial charge on any atom is -0.315 e. The fraction of sp³-hybridized carbons (Fsp3) is 0.300. The first kappa shape index (κ1) is 19.1. The minimum atomic E-state index is -0.00402. The van der Waals surface area contributed by atoms with Crippen molar-refractivity contribution in [1.29, 1.82) is 0 Å². The average molecular weight is 382 g/mol. The highest BCUT2D eigenvalue weighted by atomic mass is 32.2. The van der Waals surface area contributed by atoms with Crippen LogP contribution < -0.4 is 4.90 Å². The number of hydrogen-bond acceptors (Lipinski definition) is 5. The van der Waals surface area contributed by atoms with Crippen LogP contribution in [0.2, 0.25) is 0 Å². The van der Waals surface area contributed by atoms with E-state index in [1.807, 2.05) is 42.5 Å². The molecule has 27 heavy (non-hydrogen) atoms. The Balaban J connectivity index is 1.64. The molecule has 7 heteroatoms. The van der Waals surface area contributed by atoms with Crippen LogP contribution in [0, 0.1) is 0 Å². The number of tetrazole rings is 1. The molecular formula is C20H23N5OS. The molecule has 0 aliphatic heterocycles. The summed E-state index contributed by atoms with van der Waals surface area (Å²) in [5, 5.41) is 12.5. The minimum absolute atomic E-state index is 0.00402. The predicted molar refractivity (Wildman–Crippen MR) is 108 cm³/mol. The molecule has 0 bridgehead atoms. The molecule has 6 nitrogen and oxygen atoms in total. The third-order valence-corrected chi connectivity index (χ3v) is 5.19. The van der Waals surface area contributed by atoms with Crippen molar-refractivity contribution >= 4 is 23.4 Å². The number of nitrogens with zero attached hydrogens (tertiary/aromatic N) is 5. The summed E-state index contributed by atoms with van der Waals surface area (Å²) in [6.07, 6.45) is 3.44. The molecule has 0 aliphatic rings. The SMILES string of the molecule is CCCCc1ccc(-n2nnnc2SCC(=O)N(C)c2ccccc2)cc1. The van der Waals surface area contributed by atoms with Crippen molar-refractivity contribution in [3.63, 3.8) is 0 Å². The third kappa shape index (κ3) is 4.95. The van der Waals surface area contributed by atoms with Gasteiger partial charge in [-0.1, -0.05) is 55.4 Å². The third-order valence-electron chi connectivity index (χ3n) is 4.28. The van der Waals surface area contributed by atoms with Gasteiger partial charge in [0.25, 0.3) is 0 Å².